The Morgan fingerprint density at radius 3 is 2.56 bits per heavy atom. The summed E-state index contributed by atoms with van der Waals surface area (Å²) in [4.78, 5) is 0. The number of hydrogen-bond acceptors (Lipinski definition) is 3. The maximum Gasteiger partial charge on any atom is 0.157 e. The molecule has 3 heteroatoms. The SMILES string of the molecule is OCC1CCC(COC(O)C2CC3C=CC2C3)C1. The van der Waals surface area contributed by atoms with Crippen LogP contribution in [0.1, 0.15) is 32.1 Å². The smallest absolute Gasteiger partial charge is 0.157 e. The number of aliphatic hydroxyl groups excluding tert-OH is 2. The van der Waals surface area contributed by atoms with Crippen molar-refractivity contribution < 1.29 is 14.9 Å². The summed E-state index contributed by atoms with van der Waals surface area (Å²) in [7, 11) is 0. The lowest BCUT2D eigenvalue weighted by Crippen LogP contribution is -2.28. The molecule has 0 spiro atoms. The van der Waals surface area contributed by atoms with E-state index in [2.05, 4.69) is 12.2 Å². The highest BCUT2D eigenvalue weighted by Crippen LogP contribution is 2.45. The summed E-state index contributed by atoms with van der Waals surface area (Å²) in [6, 6.07) is 0. The Hall–Kier alpha value is -0.380. The lowest BCUT2D eigenvalue weighted by Gasteiger charge is -2.25. The minimum atomic E-state index is -0.585. The molecular formula is C15H24O3. The molecule has 6 unspecified atom stereocenters. The third-order valence-electron chi connectivity index (χ3n) is 5.11. The van der Waals surface area contributed by atoms with E-state index in [1.165, 1.54) is 6.42 Å². The molecule has 0 aliphatic heterocycles. The standard InChI is InChI=1S/C15H24O3/c16-8-11-1-2-12(5-11)9-18-15(17)14-7-10-3-4-13(14)6-10/h3-4,10-17H,1-2,5-9H2. The van der Waals surface area contributed by atoms with Gasteiger partial charge in [0, 0.05) is 12.5 Å². The van der Waals surface area contributed by atoms with E-state index in [1.54, 1.807) is 0 Å². The van der Waals surface area contributed by atoms with Gasteiger partial charge in [-0.25, -0.2) is 0 Å². The molecule has 0 radical (unpaired) electrons. The summed E-state index contributed by atoms with van der Waals surface area (Å²) >= 11 is 0. The lowest BCUT2D eigenvalue weighted by molar-refractivity contribution is -0.147. The second-order valence-corrected chi connectivity index (χ2v) is 6.40. The van der Waals surface area contributed by atoms with Crippen LogP contribution in [-0.2, 0) is 4.74 Å². The molecule has 0 aromatic carbocycles. The fourth-order valence-electron chi connectivity index (χ4n) is 4.01. The molecular weight excluding hydrogens is 228 g/mol. The number of rotatable bonds is 5. The van der Waals surface area contributed by atoms with Gasteiger partial charge in [0.1, 0.15) is 0 Å². The van der Waals surface area contributed by atoms with Crippen molar-refractivity contribution in [1.82, 2.24) is 0 Å². The first kappa shape index (κ1) is 12.6. The van der Waals surface area contributed by atoms with Crippen molar-refractivity contribution in [2.45, 2.75) is 38.4 Å². The van der Waals surface area contributed by atoms with Crippen LogP contribution in [0.3, 0.4) is 0 Å². The molecule has 0 aromatic heterocycles. The van der Waals surface area contributed by atoms with Gasteiger partial charge in [-0.3, -0.25) is 0 Å². The molecule has 0 heterocycles. The molecule has 0 saturated heterocycles. The van der Waals surface area contributed by atoms with Crippen LogP contribution in [0.5, 0.6) is 0 Å². The van der Waals surface area contributed by atoms with Gasteiger partial charge in [-0.15, -0.1) is 0 Å². The predicted octanol–water partition coefficient (Wildman–Crippen LogP) is 1.94. The van der Waals surface area contributed by atoms with Crippen LogP contribution in [0.2, 0.25) is 0 Å². The fraction of sp³-hybridized carbons (Fsp3) is 0.867. The Bertz CT molecular complexity index is 315. The first-order valence-electron chi connectivity index (χ1n) is 7.35. The van der Waals surface area contributed by atoms with Crippen LogP contribution >= 0.6 is 0 Å². The summed E-state index contributed by atoms with van der Waals surface area (Å²) < 4.78 is 5.70. The Morgan fingerprint density at radius 2 is 1.94 bits per heavy atom. The van der Waals surface area contributed by atoms with Crippen molar-refractivity contribution in [1.29, 1.82) is 0 Å². The Kier molecular flexibility index (Phi) is 3.73. The second-order valence-electron chi connectivity index (χ2n) is 6.40. The van der Waals surface area contributed by atoms with Crippen molar-refractivity contribution >= 4 is 0 Å². The molecule has 2 fully saturated rings. The second kappa shape index (κ2) is 5.32. The third kappa shape index (κ3) is 2.49. The number of aliphatic hydroxyl groups is 2. The first-order valence-corrected chi connectivity index (χ1v) is 7.35. The lowest BCUT2D eigenvalue weighted by atomic mass is 9.93. The summed E-state index contributed by atoms with van der Waals surface area (Å²) in [6.45, 7) is 0.964. The number of hydrogen-bond donors (Lipinski definition) is 2. The minimum absolute atomic E-state index is 0.302. The van der Waals surface area contributed by atoms with Crippen LogP contribution in [0, 0.1) is 29.6 Å². The maximum atomic E-state index is 10.1. The number of allylic oxidation sites excluding steroid dienone is 2. The fourth-order valence-corrected chi connectivity index (χ4v) is 4.01. The average Bonchev–Trinajstić information content (AvgIpc) is 3.11. The van der Waals surface area contributed by atoms with Gasteiger partial charge in [0.15, 0.2) is 6.29 Å². The summed E-state index contributed by atoms with van der Waals surface area (Å²) in [6.07, 6.45) is 9.55. The van der Waals surface area contributed by atoms with Gasteiger partial charge in [0.25, 0.3) is 0 Å². The monoisotopic (exact) mass is 252 g/mol. The van der Waals surface area contributed by atoms with Crippen LogP contribution in [0.4, 0.5) is 0 Å². The van der Waals surface area contributed by atoms with Crippen molar-refractivity contribution in [2.24, 2.45) is 29.6 Å². The highest BCUT2D eigenvalue weighted by molar-refractivity contribution is 5.10. The highest BCUT2D eigenvalue weighted by atomic mass is 16.6. The van der Waals surface area contributed by atoms with Crippen molar-refractivity contribution in [2.75, 3.05) is 13.2 Å². The topological polar surface area (TPSA) is 49.7 Å². The molecule has 0 aromatic rings. The predicted molar refractivity (Wildman–Crippen MR) is 68.7 cm³/mol. The summed E-state index contributed by atoms with van der Waals surface area (Å²) in [5.74, 6) is 2.53. The Balaban J connectivity index is 1.42. The number of fused-ring (bicyclic) bond motifs is 2. The van der Waals surface area contributed by atoms with E-state index in [4.69, 9.17) is 9.84 Å². The zero-order valence-corrected chi connectivity index (χ0v) is 10.9. The molecule has 3 nitrogen and oxygen atoms in total. The van der Waals surface area contributed by atoms with E-state index in [-0.39, 0.29) is 0 Å². The largest absolute Gasteiger partial charge is 0.396 e. The summed E-state index contributed by atoms with van der Waals surface area (Å²) in [5, 5.41) is 19.3. The van der Waals surface area contributed by atoms with Gasteiger partial charge in [0.2, 0.25) is 0 Å². The molecule has 3 aliphatic rings. The Morgan fingerprint density at radius 1 is 1.11 bits per heavy atom. The normalized spacial score (nSPS) is 43.8. The van der Waals surface area contributed by atoms with Crippen molar-refractivity contribution in [3.8, 4) is 0 Å². The maximum absolute atomic E-state index is 10.1. The van der Waals surface area contributed by atoms with Gasteiger partial charge in [-0.1, -0.05) is 12.2 Å². The number of ether oxygens (including phenoxy) is 1. The minimum Gasteiger partial charge on any atom is -0.396 e. The van der Waals surface area contributed by atoms with Crippen LogP contribution in [0.15, 0.2) is 12.2 Å². The molecule has 2 N–H and O–H groups in total. The van der Waals surface area contributed by atoms with Crippen molar-refractivity contribution in [3.63, 3.8) is 0 Å². The molecule has 0 amide bonds. The first-order chi connectivity index (χ1) is 8.76. The van der Waals surface area contributed by atoms with E-state index in [1.807, 2.05) is 0 Å². The summed E-state index contributed by atoms with van der Waals surface area (Å²) in [5.41, 5.74) is 0. The molecule has 2 bridgehead atoms. The molecule has 2 saturated carbocycles. The Labute approximate surface area is 109 Å². The third-order valence-corrected chi connectivity index (χ3v) is 5.11. The molecule has 18 heavy (non-hydrogen) atoms. The van der Waals surface area contributed by atoms with Gasteiger partial charge in [-0.2, -0.15) is 0 Å². The highest BCUT2D eigenvalue weighted by Gasteiger charge is 2.40. The molecule has 3 rings (SSSR count). The van der Waals surface area contributed by atoms with Gasteiger partial charge in [0.05, 0.1) is 6.61 Å². The van der Waals surface area contributed by atoms with Crippen LogP contribution < -0.4 is 0 Å². The molecule has 102 valence electrons. The van der Waals surface area contributed by atoms with Crippen molar-refractivity contribution in [3.05, 3.63) is 12.2 Å². The molecule has 3 aliphatic carbocycles. The van der Waals surface area contributed by atoms with Crippen LogP contribution in [0.25, 0.3) is 0 Å². The zero-order valence-electron chi connectivity index (χ0n) is 10.9. The van der Waals surface area contributed by atoms with Gasteiger partial charge in [-0.05, 0) is 55.8 Å². The van der Waals surface area contributed by atoms with Crippen LogP contribution in [-0.4, -0.2) is 29.7 Å². The molecule has 6 atom stereocenters. The van der Waals surface area contributed by atoms with Gasteiger partial charge < -0.3 is 14.9 Å². The average molecular weight is 252 g/mol. The van der Waals surface area contributed by atoms with E-state index < -0.39 is 6.29 Å². The van der Waals surface area contributed by atoms with E-state index in [9.17, 15) is 5.11 Å². The van der Waals surface area contributed by atoms with E-state index >= 15 is 0 Å². The van der Waals surface area contributed by atoms with E-state index in [0.29, 0.717) is 42.8 Å². The van der Waals surface area contributed by atoms with Gasteiger partial charge >= 0.3 is 0 Å². The van der Waals surface area contributed by atoms with E-state index in [0.717, 1.165) is 25.7 Å². The quantitative estimate of drug-likeness (QED) is 0.581. The zero-order chi connectivity index (χ0) is 12.5.